The second-order valence-corrected chi connectivity index (χ2v) is 8.47. The Bertz CT molecular complexity index is 745. The molecule has 2 rings (SSSR count). The molecule has 0 spiro atoms. The summed E-state index contributed by atoms with van der Waals surface area (Å²) in [7, 11) is -1.04. The van der Waals surface area contributed by atoms with Crippen LogP contribution in [0, 0.1) is 0 Å². The van der Waals surface area contributed by atoms with E-state index in [2.05, 4.69) is 21.2 Å². The molecular formula is C14H17BrCl2N2O4S. The van der Waals surface area contributed by atoms with Crippen LogP contribution in [0.1, 0.15) is 12.0 Å². The lowest BCUT2D eigenvalue weighted by Crippen LogP contribution is -2.44. The molecule has 6 nitrogen and oxygen atoms in total. The number of alkyl halides is 1. The molecule has 1 aliphatic heterocycles. The number of likely N-dealkylation sites (N-methyl/N-ethyl adjacent to an activating group) is 1. The topological polar surface area (TPSA) is 75.7 Å². The zero-order valence-corrected chi connectivity index (χ0v) is 17.0. The van der Waals surface area contributed by atoms with E-state index in [9.17, 15) is 13.2 Å². The first-order chi connectivity index (χ1) is 11.3. The Hall–Kier alpha value is -0.380. The van der Waals surface area contributed by atoms with E-state index in [1.807, 2.05) is 0 Å². The summed E-state index contributed by atoms with van der Waals surface area (Å²) in [6.07, 6.45) is -0.0740. The van der Waals surface area contributed by atoms with E-state index in [1.165, 1.54) is 26.3 Å². The summed E-state index contributed by atoms with van der Waals surface area (Å²) in [6.45, 7) is 0.0829. The molecule has 1 fully saturated rings. The lowest BCUT2D eigenvalue weighted by atomic mass is 10.2. The van der Waals surface area contributed by atoms with E-state index in [-0.39, 0.29) is 34.9 Å². The summed E-state index contributed by atoms with van der Waals surface area (Å²) in [6, 6.07) is 1.99. The average Bonchev–Trinajstić information content (AvgIpc) is 2.99. The lowest BCUT2D eigenvalue weighted by molar-refractivity contribution is -0.123. The number of hydrogen-bond acceptors (Lipinski definition) is 4. The van der Waals surface area contributed by atoms with Crippen LogP contribution in [0.25, 0.3) is 0 Å². The van der Waals surface area contributed by atoms with Crippen molar-refractivity contribution in [2.45, 2.75) is 28.8 Å². The average molecular weight is 460 g/mol. The Balaban J connectivity index is 2.51. The number of methoxy groups -OCH3 is 1. The van der Waals surface area contributed by atoms with Gasteiger partial charge in [-0.1, -0.05) is 39.1 Å². The third kappa shape index (κ3) is 3.59. The molecule has 1 saturated heterocycles. The molecule has 24 heavy (non-hydrogen) atoms. The van der Waals surface area contributed by atoms with Crippen molar-refractivity contribution in [1.82, 2.24) is 9.62 Å². The molecule has 1 aliphatic rings. The summed E-state index contributed by atoms with van der Waals surface area (Å²) < 4.78 is 32.5. The van der Waals surface area contributed by atoms with E-state index in [1.54, 1.807) is 0 Å². The molecule has 10 heteroatoms. The van der Waals surface area contributed by atoms with Gasteiger partial charge in [0.15, 0.2) is 0 Å². The van der Waals surface area contributed by atoms with Gasteiger partial charge in [0.25, 0.3) is 0 Å². The molecule has 1 aromatic carbocycles. The Morgan fingerprint density at radius 3 is 2.67 bits per heavy atom. The summed E-state index contributed by atoms with van der Waals surface area (Å²) in [5.74, 6) is -0.385. The number of hydrogen-bond donors (Lipinski definition) is 1. The van der Waals surface area contributed by atoms with Crippen molar-refractivity contribution in [3.8, 4) is 0 Å². The van der Waals surface area contributed by atoms with Gasteiger partial charge in [-0.15, -0.1) is 0 Å². The number of nitrogens with one attached hydrogen (secondary N) is 1. The van der Waals surface area contributed by atoms with Crippen molar-refractivity contribution in [1.29, 1.82) is 0 Å². The Kier molecular flexibility index (Phi) is 6.55. The number of halogens is 3. The fourth-order valence-electron chi connectivity index (χ4n) is 2.63. The van der Waals surface area contributed by atoms with Crippen LogP contribution in [-0.4, -0.2) is 51.5 Å². The van der Waals surface area contributed by atoms with Gasteiger partial charge in [-0.3, -0.25) is 4.79 Å². The molecule has 1 aromatic rings. The lowest BCUT2D eigenvalue weighted by Gasteiger charge is -2.23. The first-order valence-corrected chi connectivity index (χ1v) is 10.4. The van der Waals surface area contributed by atoms with Crippen molar-refractivity contribution in [2.75, 3.05) is 20.7 Å². The zero-order chi connectivity index (χ0) is 18.1. The molecule has 0 saturated carbocycles. The minimum atomic E-state index is -3.98. The fourth-order valence-corrected chi connectivity index (χ4v) is 6.06. The number of carbonyl (C=O) groups is 1. The molecule has 134 valence electrons. The highest BCUT2D eigenvalue weighted by atomic mass is 79.9. The van der Waals surface area contributed by atoms with Crippen LogP contribution >= 0.6 is 39.1 Å². The number of amides is 1. The number of nitrogens with zero attached hydrogens (tertiary/aromatic N) is 1. The van der Waals surface area contributed by atoms with Crippen molar-refractivity contribution >= 4 is 55.1 Å². The Labute approximate surface area is 159 Å². The molecule has 1 amide bonds. The van der Waals surface area contributed by atoms with Crippen molar-refractivity contribution in [3.05, 3.63) is 27.7 Å². The van der Waals surface area contributed by atoms with Gasteiger partial charge in [-0.05, 0) is 12.1 Å². The van der Waals surface area contributed by atoms with E-state index < -0.39 is 16.1 Å². The molecule has 0 unspecified atom stereocenters. The van der Waals surface area contributed by atoms with Gasteiger partial charge >= 0.3 is 0 Å². The van der Waals surface area contributed by atoms with Gasteiger partial charge in [-0.25, -0.2) is 8.42 Å². The van der Waals surface area contributed by atoms with E-state index in [4.69, 9.17) is 27.9 Å². The molecule has 0 aliphatic carbocycles. The standard InChI is InChI=1S/C14H17BrCl2N2O4S/c1-18-14(20)11-5-8(23-2)7-19(11)24(21,22)12-4-3-10(16)9(6-15)13(12)17/h3-4,8,11H,5-7H2,1-2H3,(H,18,20)/t8-,11+/m1/s1. The summed E-state index contributed by atoms with van der Waals surface area (Å²) in [5.41, 5.74) is 0.485. The molecule has 1 heterocycles. The molecule has 0 aromatic heterocycles. The second kappa shape index (κ2) is 7.88. The van der Waals surface area contributed by atoms with E-state index >= 15 is 0 Å². The maximum absolute atomic E-state index is 13.1. The maximum Gasteiger partial charge on any atom is 0.245 e. The first kappa shape index (κ1) is 19.9. The van der Waals surface area contributed by atoms with Crippen LogP contribution in [0.4, 0.5) is 0 Å². The van der Waals surface area contributed by atoms with Crippen molar-refractivity contribution in [3.63, 3.8) is 0 Å². The third-order valence-electron chi connectivity index (χ3n) is 3.97. The van der Waals surface area contributed by atoms with Gasteiger partial charge in [-0.2, -0.15) is 4.31 Å². The van der Waals surface area contributed by atoms with Crippen LogP contribution < -0.4 is 5.32 Å². The predicted molar refractivity (Wildman–Crippen MR) is 96.3 cm³/mol. The number of carbonyl (C=O) groups excluding carboxylic acids is 1. The van der Waals surface area contributed by atoms with Crippen LogP contribution in [0.15, 0.2) is 17.0 Å². The number of rotatable bonds is 5. The number of benzene rings is 1. The largest absolute Gasteiger partial charge is 0.380 e. The molecule has 0 bridgehead atoms. The van der Waals surface area contributed by atoms with Gasteiger partial charge < -0.3 is 10.1 Å². The van der Waals surface area contributed by atoms with Crippen molar-refractivity contribution < 1.29 is 17.9 Å². The third-order valence-corrected chi connectivity index (χ3v) is 7.35. The van der Waals surface area contributed by atoms with E-state index in [0.29, 0.717) is 15.9 Å². The summed E-state index contributed by atoms with van der Waals surface area (Å²) in [4.78, 5) is 12.0. The highest BCUT2D eigenvalue weighted by Crippen LogP contribution is 2.36. The molecule has 1 N–H and O–H groups in total. The fraction of sp³-hybridized carbons (Fsp3) is 0.500. The highest BCUT2D eigenvalue weighted by Gasteiger charge is 2.44. The van der Waals surface area contributed by atoms with Gasteiger partial charge in [0, 0.05) is 43.0 Å². The molecule has 2 atom stereocenters. The van der Waals surface area contributed by atoms with Crippen LogP contribution in [0.5, 0.6) is 0 Å². The number of ether oxygens (including phenoxy) is 1. The van der Waals surface area contributed by atoms with Gasteiger partial charge in [0.2, 0.25) is 15.9 Å². The van der Waals surface area contributed by atoms with Crippen LogP contribution in [-0.2, 0) is 24.9 Å². The summed E-state index contributed by atoms with van der Waals surface area (Å²) in [5, 5.41) is 3.22. The van der Waals surface area contributed by atoms with E-state index in [0.717, 1.165) is 4.31 Å². The highest BCUT2D eigenvalue weighted by molar-refractivity contribution is 9.08. The SMILES string of the molecule is CNC(=O)[C@@H]1C[C@@H](OC)CN1S(=O)(=O)c1ccc(Cl)c(CBr)c1Cl. The number of sulfonamides is 1. The smallest absolute Gasteiger partial charge is 0.245 e. The Morgan fingerprint density at radius 2 is 2.12 bits per heavy atom. The summed E-state index contributed by atoms with van der Waals surface area (Å²) >= 11 is 15.6. The van der Waals surface area contributed by atoms with Gasteiger partial charge in [0.05, 0.1) is 11.1 Å². The first-order valence-electron chi connectivity index (χ1n) is 7.07. The second-order valence-electron chi connectivity index (χ2n) is 5.27. The minimum absolute atomic E-state index is 0.0518. The zero-order valence-electron chi connectivity index (χ0n) is 13.1. The molecule has 0 radical (unpaired) electrons. The van der Waals surface area contributed by atoms with Crippen molar-refractivity contribution in [2.24, 2.45) is 0 Å². The maximum atomic E-state index is 13.1. The minimum Gasteiger partial charge on any atom is -0.380 e. The normalized spacial score (nSPS) is 21.9. The molecular weight excluding hydrogens is 443 g/mol. The van der Waals surface area contributed by atoms with Crippen LogP contribution in [0.3, 0.4) is 0 Å². The van der Waals surface area contributed by atoms with Gasteiger partial charge in [0.1, 0.15) is 10.9 Å². The van der Waals surface area contributed by atoms with Crippen LogP contribution in [0.2, 0.25) is 10.0 Å². The predicted octanol–water partition coefficient (Wildman–Crippen LogP) is 2.41. The monoisotopic (exact) mass is 458 g/mol. The Morgan fingerprint density at radius 1 is 1.46 bits per heavy atom. The quantitative estimate of drug-likeness (QED) is 0.686.